The number of hydrogen-bond donors (Lipinski definition) is 1. The van der Waals surface area contributed by atoms with Gasteiger partial charge in [-0.05, 0) is 38.1 Å². The molecule has 0 aromatic heterocycles. The lowest BCUT2D eigenvalue weighted by Gasteiger charge is -2.31. The molecule has 0 bridgehead atoms. The zero-order valence-corrected chi connectivity index (χ0v) is 13.3. The van der Waals surface area contributed by atoms with Crippen molar-refractivity contribution in [1.29, 1.82) is 0 Å². The largest absolute Gasteiger partial charge is 0.378 e. The number of nitrogens with zero attached hydrogens (tertiary/aromatic N) is 2. The second-order valence-corrected chi connectivity index (χ2v) is 6.08. The van der Waals surface area contributed by atoms with Gasteiger partial charge in [-0.2, -0.15) is 0 Å². The number of ether oxygens (including phenoxy) is 1. The minimum absolute atomic E-state index is 0.167. The van der Waals surface area contributed by atoms with Crippen molar-refractivity contribution in [1.82, 2.24) is 10.2 Å². The van der Waals surface area contributed by atoms with E-state index in [-0.39, 0.29) is 5.91 Å². The summed E-state index contributed by atoms with van der Waals surface area (Å²) in [4.78, 5) is 17.2. The van der Waals surface area contributed by atoms with Gasteiger partial charge in [0.25, 0.3) is 5.91 Å². The Bertz CT molecular complexity index is 514. The molecular formula is C17H25N3O2. The highest BCUT2D eigenvalue weighted by Gasteiger charge is 2.28. The number of benzene rings is 1. The lowest BCUT2D eigenvalue weighted by atomic mass is 10.1. The Kier molecular flexibility index (Phi) is 4.95. The summed E-state index contributed by atoms with van der Waals surface area (Å²) in [6.07, 6.45) is 1.09. The Morgan fingerprint density at radius 3 is 2.82 bits per heavy atom. The zero-order chi connectivity index (χ0) is 15.4. The number of hydrogen-bond acceptors (Lipinski definition) is 4. The number of nitrogens with one attached hydrogen (secondary N) is 1. The van der Waals surface area contributed by atoms with Gasteiger partial charge in [0.15, 0.2) is 0 Å². The molecule has 2 aliphatic rings. The first-order chi connectivity index (χ1) is 10.8. The molecule has 2 saturated heterocycles. The van der Waals surface area contributed by atoms with Crippen LogP contribution < -0.4 is 10.2 Å². The molecule has 1 N–H and O–H groups in total. The summed E-state index contributed by atoms with van der Waals surface area (Å²) in [7, 11) is 1.97. The van der Waals surface area contributed by atoms with Crippen molar-refractivity contribution >= 4 is 11.6 Å². The van der Waals surface area contributed by atoms with Crippen LogP contribution in [0.2, 0.25) is 0 Å². The summed E-state index contributed by atoms with van der Waals surface area (Å²) in [5, 5.41) is 3.21. The fourth-order valence-electron chi connectivity index (χ4n) is 3.38. The van der Waals surface area contributed by atoms with Crippen LogP contribution in [0.25, 0.3) is 0 Å². The highest BCUT2D eigenvalue weighted by molar-refractivity contribution is 6.00. The maximum atomic E-state index is 12.9. The minimum Gasteiger partial charge on any atom is -0.378 e. The molecular weight excluding hydrogens is 278 g/mol. The molecule has 5 heteroatoms. The lowest BCUT2D eigenvalue weighted by molar-refractivity contribution is 0.0786. The molecule has 0 spiro atoms. The molecule has 1 amide bonds. The van der Waals surface area contributed by atoms with Crippen molar-refractivity contribution in [3.63, 3.8) is 0 Å². The topological polar surface area (TPSA) is 44.8 Å². The first kappa shape index (κ1) is 15.3. The molecule has 1 unspecified atom stereocenters. The fraction of sp³-hybridized carbons (Fsp3) is 0.588. The third-order valence-electron chi connectivity index (χ3n) is 4.55. The molecule has 2 aliphatic heterocycles. The van der Waals surface area contributed by atoms with Gasteiger partial charge in [-0.15, -0.1) is 0 Å². The molecule has 0 radical (unpaired) electrons. The molecule has 120 valence electrons. The quantitative estimate of drug-likeness (QED) is 0.908. The van der Waals surface area contributed by atoms with Gasteiger partial charge in [-0.3, -0.25) is 4.79 Å². The van der Waals surface area contributed by atoms with Gasteiger partial charge in [-0.25, -0.2) is 0 Å². The van der Waals surface area contributed by atoms with Crippen LogP contribution in [0.15, 0.2) is 24.3 Å². The number of amides is 1. The Labute approximate surface area is 132 Å². The van der Waals surface area contributed by atoms with Gasteiger partial charge < -0.3 is 19.9 Å². The van der Waals surface area contributed by atoms with Crippen LogP contribution in [0.3, 0.4) is 0 Å². The van der Waals surface area contributed by atoms with E-state index in [0.29, 0.717) is 5.92 Å². The predicted molar refractivity (Wildman–Crippen MR) is 87.4 cm³/mol. The van der Waals surface area contributed by atoms with E-state index in [4.69, 9.17) is 4.74 Å². The monoisotopic (exact) mass is 303 g/mol. The molecule has 0 aliphatic carbocycles. The number of morpholine rings is 1. The predicted octanol–water partition coefficient (Wildman–Crippen LogP) is 1.20. The molecule has 1 aromatic rings. The maximum absolute atomic E-state index is 12.9. The maximum Gasteiger partial charge on any atom is 0.255 e. The van der Waals surface area contributed by atoms with Crippen molar-refractivity contribution in [2.45, 2.75) is 6.42 Å². The summed E-state index contributed by atoms with van der Waals surface area (Å²) in [6, 6.07) is 7.98. The number of rotatable bonds is 4. The number of para-hydroxylation sites is 1. The van der Waals surface area contributed by atoms with Gasteiger partial charge >= 0.3 is 0 Å². The summed E-state index contributed by atoms with van der Waals surface area (Å²) in [5.74, 6) is 0.741. The van der Waals surface area contributed by atoms with Crippen LogP contribution >= 0.6 is 0 Å². The van der Waals surface area contributed by atoms with Gasteiger partial charge in [0, 0.05) is 31.9 Å². The Balaban J connectivity index is 1.75. The normalized spacial score (nSPS) is 22.1. The van der Waals surface area contributed by atoms with Crippen molar-refractivity contribution in [3.05, 3.63) is 29.8 Å². The standard InChI is InChI=1S/C17H25N3O2/c1-18-12-14-6-7-20(13-14)17(21)15-4-2-3-5-16(15)19-8-10-22-11-9-19/h2-5,14,18H,6-13H2,1H3. The smallest absolute Gasteiger partial charge is 0.255 e. The van der Waals surface area contributed by atoms with Crippen molar-refractivity contribution in [3.8, 4) is 0 Å². The lowest BCUT2D eigenvalue weighted by Crippen LogP contribution is -2.38. The molecule has 2 heterocycles. The SMILES string of the molecule is CNCC1CCN(C(=O)c2ccccc2N2CCOCC2)C1. The van der Waals surface area contributed by atoms with Crippen molar-refractivity contribution in [2.75, 3.05) is 57.9 Å². The van der Waals surface area contributed by atoms with E-state index in [2.05, 4.69) is 16.3 Å². The first-order valence-corrected chi connectivity index (χ1v) is 8.15. The molecule has 1 aromatic carbocycles. The number of carbonyl (C=O) groups excluding carboxylic acids is 1. The van der Waals surface area contributed by atoms with Gasteiger partial charge in [0.1, 0.15) is 0 Å². The van der Waals surface area contributed by atoms with Crippen LogP contribution in [0.1, 0.15) is 16.8 Å². The average Bonchev–Trinajstić information content (AvgIpc) is 3.04. The van der Waals surface area contributed by atoms with E-state index in [1.165, 1.54) is 0 Å². The number of anilines is 1. The Morgan fingerprint density at radius 1 is 1.27 bits per heavy atom. The van der Waals surface area contributed by atoms with Crippen LogP contribution in [0.5, 0.6) is 0 Å². The minimum atomic E-state index is 0.167. The van der Waals surface area contributed by atoms with E-state index in [1.807, 2.05) is 30.1 Å². The highest BCUT2D eigenvalue weighted by atomic mass is 16.5. The van der Waals surface area contributed by atoms with Crippen LogP contribution in [0, 0.1) is 5.92 Å². The number of likely N-dealkylation sites (tertiary alicyclic amines) is 1. The highest BCUT2D eigenvalue weighted by Crippen LogP contribution is 2.25. The molecule has 5 nitrogen and oxygen atoms in total. The third kappa shape index (κ3) is 3.25. The average molecular weight is 303 g/mol. The third-order valence-corrected chi connectivity index (χ3v) is 4.55. The van der Waals surface area contributed by atoms with Crippen LogP contribution in [-0.2, 0) is 4.74 Å². The fourth-order valence-corrected chi connectivity index (χ4v) is 3.38. The van der Waals surface area contributed by atoms with E-state index >= 15 is 0 Å². The zero-order valence-electron chi connectivity index (χ0n) is 13.3. The van der Waals surface area contributed by atoms with Gasteiger partial charge in [0.2, 0.25) is 0 Å². The number of carbonyl (C=O) groups is 1. The second kappa shape index (κ2) is 7.11. The summed E-state index contributed by atoms with van der Waals surface area (Å²) in [6.45, 7) is 5.88. The van der Waals surface area contributed by atoms with Crippen LogP contribution in [-0.4, -0.2) is 63.8 Å². The van der Waals surface area contributed by atoms with Gasteiger partial charge in [0.05, 0.1) is 18.8 Å². The molecule has 3 rings (SSSR count). The van der Waals surface area contributed by atoms with Crippen molar-refractivity contribution in [2.24, 2.45) is 5.92 Å². The molecule has 2 fully saturated rings. The second-order valence-electron chi connectivity index (χ2n) is 6.08. The van der Waals surface area contributed by atoms with Crippen molar-refractivity contribution < 1.29 is 9.53 Å². The van der Waals surface area contributed by atoms with Gasteiger partial charge in [-0.1, -0.05) is 12.1 Å². The summed E-state index contributed by atoms with van der Waals surface area (Å²) in [5.41, 5.74) is 1.88. The molecule has 1 atom stereocenters. The van der Waals surface area contributed by atoms with E-state index in [0.717, 1.165) is 63.6 Å². The Hall–Kier alpha value is -1.59. The van der Waals surface area contributed by atoms with E-state index < -0.39 is 0 Å². The molecule has 0 saturated carbocycles. The summed E-state index contributed by atoms with van der Waals surface area (Å²) >= 11 is 0. The Morgan fingerprint density at radius 2 is 2.05 bits per heavy atom. The molecule has 22 heavy (non-hydrogen) atoms. The van der Waals surface area contributed by atoms with Crippen LogP contribution in [0.4, 0.5) is 5.69 Å². The first-order valence-electron chi connectivity index (χ1n) is 8.15. The van der Waals surface area contributed by atoms with E-state index in [9.17, 15) is 4.79 Å². The summed E-state index contributed by atoms with van der Waals surface area (Å²) < 4.78 is 5.42. The van der Waals surface area contributed by atoms with E-state index in [1.54, 1.807) is 0 Å².